The molecule has 0 bridgehead atoms. The van der Waals surface area contributed by atoms with Gasteiger partial charge in [-0.1, -0.05) is 23.4 Å². The molecule has 3 N–H and O–H groups in total. The summed E-state index contributed by atoms with van der Waals surface area (Å²) in [5.41, 5.74) is 6.61. The Balaban J connectivity index is 1.65. The number of nitrogens with zero attached hydrogens (tertiary/aromatic N) is 4. The fraction of sp³-hybridized carbons (Fsp3) is 0.312. The Bertz CT molecular complexity index is 962. The number of aryl methyl sites for hydroxylation is 1. The van der Waals surface area contributed by atoms with E-state index in [1.54, 1.807) is 11.8 Å². The number of hydrogen-bond donors (Lipinski definition) is 2. The quantitative estimate of drug-likeness (QED) is 0.717. The van der Waals surface area contributed by atoms with Crippen LogP contribution in [0.25, 0.3) is 10.9 Å². The van der Waals surface area contributed by atoms with Crippen LogP contribution in [0.3, 0.4) is 0 Å². The van der Waals surface area contributed by atoms with E-state index in [4.69, 9.17) is 10.3 Å². The molecule has 2 amide bonds. The van der Waals surface area contributed by atoms with Crippen molar-refractivity contribution < 1.29 is 14.1 Å². The Morgan fingerprint density at radius 3 is 2.84 bits per heavy atom. The lowest BCUT2D eigenvalue weighted by Crippen LogP contribution is -2.32. The van der Waals surface area contributed by atoms with Gasteiger partial charge >= 0.3 is 0 Å². The van der Waals surface area contributed by atoms with Crippen molar-refractivity contribution in [2.75, 3.05) is 13.1 Å². The number of likely N-dealkylation sites (tertiary alicyclic amines) is 1. The van der Waals surface area contributed by atoms with E-state index in [-0.39, 0.29) is 19.0 Å². The second kappa shape index (κ2) is 5.69. The van der Waals surface area contributed by atoms with Crippen LogP contribution < -0.4 is 5.73 Å². The van der Waals surface area contributed by atoms with Crippen molar-refractivity contribution in [1.82, 2.24) is 25.2 Å². The lowest BCUT2D eigenvalue weighted by atomic mass is 9.95. The molecule has 1 saturated heterocycles. The normalized spacial score (nSPS) is 20.3. The lowest BCUT2D eigenvalue weighted by molar-refractivity contribution is -0.121. The van der Waals surface area contributed by atoms with Crippen LogP contribution in [-0.4, -0.2) is 50.1 Å². The average Bonchev–Trinajstić information content (AvgIpc) is 3.31. The third-order valence-electron chi connectivity index (χ3n) is 4.51. The van der Waals surface area contributed by atoms with Crippen LogP contribution in [0.5, 0.6) is 0 Å². The highest BCUT2D eigenvalue weighted by Gasteiger charge is 2.43. The average molecular weight is 340 g/mol. The maximum absolute atomic E-state index is 12.9. The molecular formula is C16H16N6O3. The highest BCUT2D eigenvalue weighted by molar-refractivity contribution is 6.05. The van der Waals surface area contributed by atoms with Crippen molar-refractivity contribution in [2.24, 2.45) is 11.7 Å². The van der Waals surface area contributed by atoms with Gasteiger partial charge in [-0.05, 0) is 13.0 Å². The van der Waals surface area contributed by atoms with Gasteiger partial charge in [0.2, 0.25) is 11.8 Å². The Kier molecular flexibility index (Phi) is 3.48. The summed E-state index contributed by atoms with van der Waals surface area (Å²) in [6.07, 6.45) is 0. The van der Waals surface area contributed by atoms with E-state index in [1.165, 1.54) is 0 Å². The number of nitrogens with one attached hydrogen (secondary N) is 1. The molecular weight excluding hydrogens is 324 g/mol. The summed E-state index contributed by atoms with van der Waals surface area (Å²) < 4.78 is 5.19. The van der Waals surface area contributed by atoms with E-state index in [1.807, 2.05) is 24.3 Å². The number of nitrogens with two attached hydrogens (primary N) is 1. The predicted octanol–water partition coefficient (Wildman–Crippen LogP) is 0.595. The molecule has 128 valence electrons. The van der Waals surface area contributed by atoms with Crippen LogP contribution in [-0.2, 0) is 4.79 Å². The van der Waals surface area contributed by atoms with Crippen LogP contribution in [0.2, 0.25) is 0 Å². The molecule has 0 saturated carbocycles. The molecule has 1 aromatic carbocycles. The molecule has 1 fully saturated rings. The fourth-order valence-electron chi connectivity index (χ4n) is 3.25. The van der Waals surface area contributed by atoms with E-state index in [2.05, 4.69) is 20.3 Å². The van der Waals surface area contributed by atoms with Gasteiger partial charge in [0.25, 0.3) is 5.91 Å². The number of H-pyrrole nitrogens is 1. The van der Waals surface area contributed by atoms with Crippen molar-refractivity contribution in [3.63, 3.8) is 0 Å². The summed E-state index contributed by atoms with van der Waals surface area (Å²) in [7, 11) is 0. The van der Waals surface area contributed by atoms with E-state index >= 15 is 0 Å². The molecule has 0 spiro atoms. The number of aromatic amines is 1. The van der Waals surface area contributed by atoms with Gasteiger partial charge in [0.1, 0.15) is 0 Å². The lowest BCUT2D eigenvalue weighted by Gasteiger charge is -2.14. The molecule has 0 radical (unpaired) electrons. The van der Waals surface area contributed by atoms with Crippen molar-refractivity contribution in [3.05, 3.63) is 41.7 Å². The first-order chi connectivity index (χ1) is 12.0. The summed E-state index contributed by atoms with van der Waals surface area (Å²) in [5.74, 6) is -0.947. The standard InChI is InChI=1S/C16H16N6O3/c1-8-18-15(25-21-8)11-7-22(6-10(11)14(17)23)16(24)13-9-4-2-3-5-12(9)19-20-13/h2-5,10-11H,6-7H2,1H3,(H2,17,23)(H,19,20). The topological polar surface area (TPSA) is 131 Å². The number of para-hydroxylation sites is 1. The molecule has 2 unspecified atom stereocenters. The molecule has 2 atom stereocenters. The number of carbonyl (C=O) groups is 2. The third kappa shape index (κ3) is 2.53. The first-order valence-electron chi connectivity index (χ1n) is 7.86. The molecule has 3 aromatic rings. The summed E-state index contributed by atoms with van der Waals surface area (Å²) >= 11 is 0. The van der Waals surface area contributed by atoms with Crippen molar-refractivity contribution in [2.45, 2.75) is 12.8 Å². The third-order valence-corrected chi connectivity index (χ3v) is 4.51. The number of amides is 2. The maximum atomic E-state index is 12.9. The first kappa shape index (κ1) is 15.3. The zero-order valence-corrected chi connectivity index (χ0v) is 13.5. The molecule has 3 heterocycles. The van der Waals surface area contributed by atoms with Crippen LogP contribution in [0.15, 0.2) is 28.8 Å². The summed E-state index contributed by atoms with van der Waals surface area (Å²) in [6.45, 7) is 2.16. The Morgan fingerprint density at radius 1 is 1.32 bits per heavy atom. The van der Waals surface area contributed by atoms with E-state index < -0.39 is 17.7 Å². The van der Waals surface area contributed by atoms with Crippen LogP contribution in [0, 0.1) is 12.8 Å². The molecule has 0 aliphatic carbocycles. The predicted molar refractivity (Wildman–Crippen MR) is 86.5 cm³/mol. The number of benzene rings is 1. The monoisotopic (exact) mass is 340 g/mol. The number of hydrogen-bond acceptors (Lipinski definition) is 6. The van der Waals surface area contributed by atoms with Gasteiger partial charge in [0.15, 0.2) is 11.5 Å². The Hall–Kier alpha value is -3.23. The minimum atomic E-state index is -0.575. The molecule has 9 nitrogen and oxygen atoms in total. The van der Waals surface area contributed by atoms with Gasteiger partial charge in [0, 0.05) is 18.5 Å². The van der Waals surface area contributed by atoms with Crippen LogP contribution in [0.4, 0.5) is 0 Å². The number of aromatic nitrogens is 4. The molecule has 4 rings (SSSR count). The number of primary amides is 1. The molecule has 25 heavy (non-hydrogen) atoms. The second-order valence-corrected chi connectivity index (χ2v) is 6.12. The number of rotatable bonds is 3. The number of fused-ring (bicyclic) bond motifs is 1. The number of carbonyl (C=O) groups excluding carboxylic acids is 2. The van der Waals surface area contributed by atoms with Gasteiger partial charge in [-0.25, -0.2) is 0 Å². The van der Waals surface area contributed by atoms with Crippen LogP contribution >= 0.6 is 0 Å². The molecule has 1 aliphatic rings. The Labute approximate surface area is 142 Å². The van der Waals surface area contributed by atoms with E-state index in [0.29, 0.717) is 17.4 Å². The zero-order valence-electron chi connectivity index (χ0n) is 13.5. The molecule has 9 heteroatoms. The van der Waals surface area contributed by atoms with Crippen molar-refractivity contribution >= 4 is 22.7 Å². The van der Waals surface area contributed by atoms with E-state index in [0.717, 1.165) is 10.9 Å². The van der Waals surface area contributed by atoms with Gasteiger partial charge in [-0.3, -0.25) is 14.7 Å². The van der Waals surface area contributed by atoms with Gasteiger partial charge in [-0.2, -0.15) is 10.1 Å². The maximum Gasteiger partial charge on any atom is 0.275 e. The smallest absolute Gasteiger partial charge is 0.275 e. The van der Waals surface area contributed by atoms with Gasteiger partial charge in [0.05, 0.1) is 17.4 Å². The minimum absolute atomic E-state index is 0.196. The summed E-state index contributed by atoms with van der Waals surface area (Å²) in [6, 6.07) is 7.38. The van der Waals surface area contributed by atoms with Crippen molar-refractivity contribution in [3.8, 4) is 0 Å². The highest BCUT2D eigenvalue weighted by atomic mass is 16.5. The fourth-order valence-corrected chi connectivity index (χ4v) is 3.25. The second-order valence-electron chi connectivity index (χ2n) is 6.12. The summed E-state index contributed by atoms with van der Waals surface area (Å²) in [5, 5.41) is 11.5. The van der Waals surface area contributed by atoms with Crippen LogP contribution in [0.1, 0.15) is 28.1 Å². The Morgan fingerprint density at radius 2 is 2.12 bits per heavy atom. The van der Waals surface area contributed by atoms with Gasteiger partial charge < -0.3 is 15.2 Å². The molecule has 1 aliphatic heterocycles. The first-order valence-corrected chi connectivity index (χ1v) is 7.86. The SMILES string of the molecule is Cc1noc(C2CN(C(=O)c3n[nH]c4ccccc34)CC2C(N)=O)n1. The highest BCUT2D eigenvalue weighted by Crippen LogP contribution is 2.33. The zero-order chi connectivity index (χ0) is 17.6. The van der Waals surface area contributed by atoms with E-state index in [9.17, 15) is 9.59 Å². The largest absolute Gasteiger partial charge is 0.369 e. The van der Waals surface area contributed by atoms with Gasteiger partial charge in [-0.15, -0.1) is 0 Å². The minimum Gasteiger partial charge on any atom is -0.369 e. The molecule has 2 aromatic heterocycles. The summed E-state index contributed by atoms with van der Waals surface area (Å²) in [4.78, 5) is 30.5. The van der Waals surface area contributed by atoms with Crippen molar-refractivity contribution in [1.29, 1.82) is 0 Å².